The predicted molar refractivity (Wildman–Crippen MR) is 113 cm³/mol. The summed E-state index contributed by atoms with van der Waals surface area (Å²) in [5, 5.41) is 8.22. The van der Waals surface area contributed by atoms with Gasteiger partial charge in [-0.2, -0.15) is 0 Å². The highest BCUT2D eigenvalue weighted by atomic mass is 127. The number of thiazole rings is 1. The summed E-state index contributed by atoms with van der Waals surface area (Å²) in [6.45, 7) is 5.53. The third-order valence-electron chi connectivity index (χ3n) is 4.74. The van der Waals surface area contributed by atoms with E-state index in [4.69, 9.17) is 0 Å². The Balaban J connectivity index is 0.00000208. The third kappa shape index (κ3) is 5.84. The topological polar surface area (TPSA) is 52.6 Å². The second-order valence-electron chi connectivity index (χ2n) is 6.51. The van der Waals surface area contributed by atoms with E-state index in [9.17, 15) is 0 Å². The molecule has 2 fully saturated rings. The van der Waals surface area contributed by atoms with E-state index in [1.807, 2.05) is 24.6 Å². The molecule has 24 heavy (non-hydrogen) atoms. The molecule has 1 aromatic heterocycles. The summed E-state index contributed by atoms with van der Waals surface area (Å²) >= 11 is 1.82. The first-order chi connectivity index (χ1) is 11.3. The average Bonchev–Trinajstić information content (AvgIpc) is 3.33. The monoisotopic (exact) mass is 463 g/mol. The molecule has 0 bridgehead atoms. The molecule has 0 atom stereocenters. The number of rotatable bonds is 6. The number of guanidine groups is 1. The summed E-state index contributed by atoms with van der Waals surface area (Å²) in [4.78, 5) is 12.9. The van der Waals surface area contributed by atoms with Crippen molar-refractivity contribution in [3.8, 4) is 0 Å². The minimum Gasteiger partial charge on any atom is -0.356 e. The first-order valence-corrected chi connectivity index (χ1v) is 9.75. The van der Waals surface area contributed by atoms with E-state index < -0.39 is 0 Å². The fourth-order valence-corrected chi connectivity index (χ4v) is 4.01. The third-order valence-corrected chi connectivity index (χ3v) is 5.94. The molecule has 1 aliphatic heterocycles. The van der Waals surface area contributed by atoms with Crippen LogP contribution in [0.1, 0.15) is 42.5 Å². The van der Waals surface area contributed by atoms with Crippen LogP contribution in [0.5, 0.6) is 0 Å². The smallest absolute Gasteiger partial charge is 0.191 e. The van der Waals surface area contributed by atoms with Crippen LogP contribution in [0.4, 0.5) is 0 Å². The van der Waals surface area contributed by atoms with E-state index in [2.05, 4.69) is 32.4 Å². The molecule has 0 aromatic carbocycles. The van der Waals surface area contributed by atoms with Gasteiger partial charge in [0, 0.05) is 56.3 Å². The Morgan fingerprint density at radius 3 is 2.67 bits per heavy atom. The average molecular weight is 463 g/mol. The molecule has 0 unspecified atom stereocenters. The summed E-state index contributed by atoms with van der Waals surface area (Å²) in [6, 6.07) is 1.46. The normalized spacial score (nSPS) is 19.8. The van der Waals surface area contributed by atoms with Crippen molar-refractivity contribution >= 4 is 41.3 Å². The van der Waals surface area contributed by atoms with Gasteiger partial charge in [-0.05, 0) is 32.1 Å². The molecule has 2 aliphatic rings. The quantitative estimate of drug-likeness (QED) is 0.387. The zero-order valence-corrected chi connectivity index (χ0v) is 17.9. The Bertz CT molecular complexity index is 521. The van der Waals surface area contributed by atoms with Crippen LogP contribution in [0.25, 0.3) is 0 Å². The number of halogens is 1. The Hall–Kier alpha value is -0.410. The van der Waals surface area contributed by atoms with Crippen molar-refractivity contribution in [1.82, 2.24) is 20.5 Å². The van der Waals surface area contributed by atoms with E-state index in [0.29, 0.717) is 6.04 Å². The van der Waals surface area contributed by atoms with Crippen LogP contribution in [-0.4, -0.2) is 54.6 Å². The first kappa shape index (κ1) is 19.9. The van der Waals surface area contributed by atoms with Crippen LogP contribution in [-0.2, 0) is 12.8 Å². The maximum absolute atomic E-state index is 4.47. The van der Waals surface area contributed by atoms with Crippen LogP contribution in [0, 0.1) is 0 Å². The van der Waals surface area contributed by atoms with E-state index in [1.54, 1.807) is 0 Å². The molecule has 2 N–H and O–H groups in total. The molecule has 1 saturated heterocycles. The lowest BCUT2D eigenvalue weighted by Gasteiger charge is -2.33. The van der Waals surface area contributed by atoms with Crippen molar-refractivity contribution in [2.24, 2.45) is 4.99 Å². The summed E-state index contributed by atoms with van der Waals surface area (Å²) in [7, 11) is 1.85. The second-order valence-corrected chi connectivity index (χ2v) is 7.71. The summed E-state index contributed by atoms with van der Waals surface area (Å²) in [5.74, 6) is 0.933. The fourth-order valence-electron chi connectivity index (χ4n) is 3.15. The molecule has 0 amide bonds. The first-order valence-electron chi connectivity index (χ1n) is 8.93. The number of nitrogens with one attached hydrogen (secondary N) is 2. The van der Waals surface area contributed by atoms with Crippen LogP contribution in [0.3, 0.4) is 0 Å². The molecule has 7 heteroatoms. The van der Waals surface area contributed by atoms with E-state index >= 15 is 0 Å². The van der Waals surface area contributed by atoms with Crippen LogP contribution in [0.15, 0.2) is 11.2 Å². The van der Waals surface area contributed by atoms with Gasteiger partial charge < -0.3 is 15.5 Å². The van der Waals surface area contributed by atoms with Crippen molar-refractivity contribution < 1.29 is 0 Å². The fraction of sp³-hybridized carbons (Fsp3) is 0.765. The molecule has 0 spiro atoms. The Labute approximate surface area is 166 Å². The van der Waals surface area contributed by atoms with Crippen molar-refractivity contribution in [2.75, 3.05) is 26.7 Å². The largest absolute Gasteiger partial charge is 0.356 e. The van der Waals surface area contributed by atoms with Crippen molar-refractivity contribution in [2.45, 2.75) is 57.5 Å². The summed E-state index contributed by atoms with van der Waals surface area (Å²) in [6.07, 6.45) is 9.32. The minimum absolute atomic E-state index is 0. The molecular formula is C17H30IN5S. The van der Waals surface area contributed by atoms with E-state index in [1.165, 1.54) is 48.7 Å². The Kier molecular flexibility index (Phi) is 8.22. The maximum Gasteiger partial charge on any atom is 0.191 e. The van der Waals surface area contributed by atoms with E-state index in [-0.39, 0.29) is 24.0 Å². The minimum atomic E-state index is 0. The number of nitrogens with zero attached hydrogens (tertiary/aromatic N) is 3. The molecule has 1 aliphatic carbocycles. The molecule has 1 saturated carbocycles. The van der Waals surface area contributed by atoms with Gasteiger partial charge in [0.25, 0.3) is 0 Å². The predicted octanol–water partition coefficient (Wildman–Crippen LogP) is 2.66. The molecule has 0 radical (unpaired) electrons. The van der Waals surface area contributed by atoms with Gasteiger partial charge in [0.05, 0.1) is 5.01 Å². The number of aromatic nitrogens is 1. The number of piperidine rings is 1. The number of aryl methyl sites for hydroxylation is 1. The van der Waals surface area contributed by atoms with Crippen molar-refractivity contribution in [3.05, 3.63) is 16.1 Å². The van der Waals surface area contributed by atoms with Crippen LogP contribution >= 0.6 is 35.3 Å². The van der Waals surface area contributed by atoms with Gasteiger partial charge in [0.1, 0.15) is 0 Å². The Morgan fingerprint density at radius 1 is 1.33 bits per heavy atom. The summed E-state index contributed by atoms with van der Waals surface area (Å²) < 4.78 is 0. The SMILES string of the molecule is CCc1cnc(CCNC(=NC)NC2CCN(C3CC3)CC2)s1.I. The van der Waals surface area contributed by atoms with Gasteiger partial charge in [-0.25, -0.2) is 4.98 Å². The second kappa shape index (κ2) is 9.91. The number of aliphatic imine (C=N–C) groups is 1. The van der Waals surface area contributed by atoms with Crippen LogP contribution < -0.4 is 10.6 Å². The molecule has 5 nitrogen and oxygen atoms in total. The number of hydrogen-bond donors (Lipinski definition) is 2. The van der Waals surface area contributed by atoms with Gasteiger partial charge >= 0.3 is 0 Å². The molecule has 2 heterocycles. The molecule has 3 rings (SSSR count). The maximum atomic E-state index is 4.47. The highest BCUT2D eigenvalue weighted by molar-refractivity contribution is 14.0. The van der Waals surface area contributed by atoms with Crippen LogP contribution in [0.2, 0.25) is 0 Å². The van der Waals surface area contributed by atoms with Gasteiger partial charge in [0.15, 0.2) is 5.96 Å². The Morgan fingerprint density at radius 2 is 2.08 bits per heavy atom. The number of likely N-dealkylation sites (tertiary alicyclic amines) is 1. The lowest BCUT2D eigenvalue weighted by Crippen LogP contribution is -2.49. The molecule has 1 aromatic rings. The van der Waals surface area contributed by atoms with Crippen molar-refractivity contribution in [1.29, 1.82) is 0 Å². The van der Waals surface area contributed by atoms with Gasteiger partial charge in [-0.1, -0.05) is 6.92 Å². The van der Waals surface area contributed by atoms with Gasteiger partial charge in [-0.3, -0.25) is 4.99 Å². The zero-order valence-electron chi connectivity index (χ0n) is 14.8. The lowest BCUT2D eigenvalue weighted by atomic mass is 10.1. The zero-order chi connectivity index (χ0) is 16.1. The molecular weight excluding hydrogens is 433 g/mol. The standard InChI is InChI=1S/C17H29N5S.HI/c1-3-15-12-20-16(23-15)6-9-19-17(18-2)21-13-7-10-22(11-8-13)14-4-5-14;/h12-14H,3-11H2,1-2H3,(H2,18,19,21);1H. The lowest BCUT2D eigenvalue weighted by molar-refractivity contribution is 0.197. The van der Waals surface area contributed by atoms with Gasteiger partial charge in [-0.15, -0.1) is 35.3 Å². The van der Waals surface area contributed by atoms with Crippen molar-refractivity contribution in [3.63, 3.8) is 0 Å². The number of hydrogen-bond acceptors (Lipinski definition) is 4. The highest BCUT2D eigenvalue weighted by Gasteiger charge is 2.31. The summed E-state index contributed by atoms with van der Waals surface area (Å²) in [5.41, 5.74) is 0. The van der Waals surface area contributed by atoms with Gasteiger partial charge in [0.2, 0.25) is 0 Å². The molecule has 136 valence electrons. The van der Waals surface area contributed by atoms with E-state index in [0.717, 1.165) is 31.4 Å². The highest BCUT2D eigenvalue weighted by Crippen LogP contribution is 2.29.